The van der Waals surface area contributed by atoms with Gasteiger partial charge < -0.3 is 4.74 Å². The van der Waals surface area contributed by atoms with Gasteiger partial charge in [0.15, 0.2) is 11.6 Å². The van der Waals surface area contributed by atoms with Gasteiger partial charge >= 0.3 is 0 Å². The first-order valence-corrected chi connectivity index (χ1v) is 7.86. The molecule has 0 aliphatic heterocycles. The monoisotopic (exact) mass is 347 g/mol. The molecule has 2 aromatic rings. The van der Waals surface area contributed by atoms with Crippen molar-refractivity contribution in [1.29, 1.82) is 0 Å². The molecule has 22 heavy (non-hydrogen) atoms. The minimum absolute atomic E-state index is 0.00848. The average Bonchev–Trinajstić information content (AvgIpc) is 2.49. The van der Waals surface area contributed by atoms with Gasteiger partial charge in [0.1, 0.15) is 5.75 Å². The van der Waals surface area contributed by atoms with Gasteiger partial charge in [0, 0.05) is 13.1 Å². The molecule has 0 bridgehead atoms. The molecule has 0 spiro atoms. The number of rotatable bonds is 4. The first-order chi connectivity index (χ1) is 10.3. The Balaban J connectivity index is 2.44. The summed E-state index contributed by atoms with van der Waals surface area (Å²) in [6.07, 6.45) is 0. The fourth-order valence-corrected chi connectivity index (χ4v) is 3.32. The SMILES string of the molecule is COc1ccc(S(=O)(=O)N(C)c2ccc(F)c(F)c2)cc1Cl. The molecule has 0 unspecified atom stereocenters. The molecular formula is C14H12ClF2NO3S. The molecule has 0 aliphatic rings. The second kappa shape index (κ2) is 6.10. The number of benzene rings is 2. The highest BCUT2D eigenvalue weighted by Crippen LogP contribution is 2.30. The zero-order valence-electron chi connectivity index (χ0n) is 11.7. The highest BCUT2D eigenvalue weighted by Gasteiger charge is 2.23. The van der Waals surface area contributed by atoms with Crippen LogP contribution in [0.3, 0.4) is 0 Å². The molecule has 0 saturated carbocycles. The van der Waals surface area contributed by atoms with Crippen LogP contribution in [0.4, 0.5) is 14.5 Å². The first-order valence-electron chi connectivity index (χ1n) is 6.05. The first kappa shape index (κ1) is 16.5. The number of sulfonamides is 1. The predicted molar refractivity (Wildman–Crippen MR) is 80.0 cm³/mol. The summed E-state index contributed by atoms with van der Waals surface area (Å²) in [5, 5.41) is 0.127. The van der Waals surface area contributed by atoms with E-state index in [1.54, 1.807) is 0 Å². The summed E-state index contributed by atoms with van der Waals surface area (Å²) >= 11 is 5.91. The third-order valence-corrected chi connectivity index (χ3v) is 5.13. The van der Waals surface area contributed by atoms with Crippen LogP contribution in [0.25, 0.3) is 0 Å². The molecule has 0 saturated heterocycles. The minimum Gasteiger partial charge on any atom is -0.495 e. The van der Waals surface area contributed by atoms with Crippen LogP contribution in [0.1, 0.15) is 0 Å². The van der Waals surface area contributed by atoms with Crippen LogP contribution in [0, 0.1) is 11.6 Å². The largest absolute Gasteiger partial charge is 0.495 e. The summed E-state index contributed by atoms with van der Waals surface area (Å²) in [5.41, 5.74) is -0.00848. The molecule has 8 heteroatoms. The van der Waals surface area contributed by atoms with Gasteiger partial charge in [0.05, 0.1) is 22.7 Å². The van der Waals surface area contributed by atoms with E-state index in [9.17, 15) is 17.2 Å². The minimum atomic E-state index is -3.96. The second-order valence-electron chi connectivity index (χ2n) is 4.37. The maximum Gasteiger partial charge on any atom is 0.264 e. The van der Waals surface area contributed by atoms with Gasteiger partial charge in [-0.1, -0.05) is 11.6 Å². The van der Waals surface area contributed by atoms with Gasteiger partial charge in [0.2, 0.25) is 0 Å². The van der Waals surface area contributed by atoms with Crippen molar-refractivity contribution in [2.24, 2.45) is 0 Å². The van der Waals surface area contributed by atoms with Crippen LogP contribution in [-0.2, 0) is 10.0 Å². The third-order valence-electron chi connectivity index (χ3n) is 3.05. The predicted octanol–water partition coefficient (Wildman–Crippen LogP) is 3.45. The van der Waals surface area contributed by atoms with E-state index in [1.165, 1.54) is 38.4 Å². The zero-order chi connectivity index (χ0) is 16.5. The van der Waals surface area contributed by atoms with Gasteiger partial charge in [-0.25, -0.2) is 17.2 Å². The maximum atomic E-state index is 13.3. The molecule has 0 heterocycles. The van der Waals surface area contributed by atoms with Crippen molar-refractivity contribution >= 4 is 27.3 Å². The Bertz CT molecular complexity index is 812. The normalized spacial score (nSPS) is 11.3. The molecule has 0 N–H and O–H groups in total. The van der Waals surface area contributed by atoms with Crippen LogP contribution in [0.15, 0.2) is 41.3 Å². The average molecular weight is 348 g/mol. The number of ether oxygens (including phenoxy) is 1. The lowest BCUT2D eigenvalue weighted by molar-refractivity contribution is 0.414. The van der Waals surface area contributed by atoms with E-state index in [-0.39, 0.29) is 15.6 Å². The van der Waals surface area contributed by atoms with Crippen LogP contribution in [0.5, 0.6) is 5.75 Å². The van der Waals surface area contributed by atoms with Gasteiger partial charge in [-0.2, -0.15) is 0 Å². The molecular weight excluding hydrogens is 336 g/mol. The fourth-order valence-electron chi connectivity index (χ4n) is 1.79. The fraction of sp³-hybridized carbons (Fsp3) is 0.143. The van der Waals surface area contributed by atoms with E-state index < -0.39 is 21.7 Å². The van der Waals surface area contributed by atoms with Crippen molar-refractivity contribution in [2.75, 3.05) is 18.5 Å². The van der Waals surface area contributed by atoms with Crippen molar-refractivity contribution in [3.8, 4) is 5.75 Å². The van der Waals surface area contributed by atoms with Crippen molar-refractivity contribution < 1.29 is 21.9 Å². The van der Waals surface area contributed by atoms with E-state index in [1.807, 2.05) is 0 Å². The molecule has 0 atom stereocenters. The van der Waals surface area contributed by atoms with Crippen LogP contribution in [-0.4, -0.2) is 22.6 Å². The molecule has 2 aromatic carbocycles. The van der Waals surface area contributed by atoms with Crippen molar-refractivity contribution in [1.82, 2.24) is 0 Å². The summed E-state index contributed by atoms with van der Waals surface area (Å²) in [6, 6.07) is 6.79. The maximum absolute atomic E-state index is 13.3. The Labute approximate surface area is 131 Å². The Morgan fingerprint density at radius 3 is 2.32 bits per heavy atom. The molecule has 0 radical (unpaired) electrons. The Hall–Kier alpha value is -1.86. The molecule has 0 amide bonds. The number of hydrogen-bond donors (Lipinski definition) is 0. The third kappa shape index (κ3) is 3.00. The molecule has 0 aliphatic carbocycles. The van der Waals surface area contributed by atoms with Gasteiger partial charge in [0.25, 0.3) is 10.0 Å². The highest BCUT2D eigenvalue weighted by atomic mass is 35.5. The Kier molecular flexibility index (Phi) is 4.58. The topological polar surface area (TPSA) is 46.6 Å². The summed E-state index contributed by atoms with van der Waals surface area (Å²) in [5.74, 6) is -1.86. The van der Waals surface area contributed by atoms with E-state index in [0.29, 0.717) is 5.75 Å². The summed E-state index contributed by atoms with van der Waals surface area (Å²) in [7, 11) is -1.32. The van der Waals surface area contributed by atoms with Gasteiger partial charge in [-0.05, 0) is 30.3 Å². The number of methoxy groups -OCH3 is 1. The van der Waals surface area contributed by atoms with Crippen molar-refractivity contribution in [2.45, 2.75) is 4.90 Å². The molecule has 0 fully saturated rings. The quantitative estimate of drug-likeness (QED) is 0.851. The van der Waals surface area contributed by atoms with Crippen LogP contribution >= 0.6 is 11.6 Å². The lowest BCUT2D eigenvalue weighted by Gasteiger charge is -2.20. The van der Waals surface area contributed by atoms with Crippen molar-refractivity contribution in [3.05, 3.63) is 53.1 Å². The molecule has 118 valence electrons. The number of nitrogens with zero attached hydrogens (tertiary/aromatic N) is 1. The summed E-state index contributed by atoms with van der Waals surface area (Å²) in [4.78, 5) is -0.0921. The lowest BCUT2D eigenvalue weighted by atomic mass is 10.3. The summed E-state index contributed by atoms with van der Waals surface area (Å²) in [6.45, 7) is 0. The summed E-state index contributed by atoms with van der Waals surface area (Å²) < 4.78 is 57.0. The number of halogens is 3. The van der Waals surface area contributed by atoms with Crippen LogP contribution < -0.4 is 9.04 Å². The molecule has 2 rings (SSSR count). The number of anilines is 1. The molecule has 4 nitrogen and oxygen atoms in total. The standard InChI is InChI=1S/C14H12ClF2NO3S/c1-18(9-3-5-12(16)13(17)7-9)22(19,20)10-4-6-14(21-2)11(15)8-10/h3-8H,1-2H3. The van der Waals surface area contributed by atoms with E-state index in [0.717, 1.165) is 16.4 Å². The lowest BCUT2D eigenvalue weighted by Crippen LogP contribution is -2.26. The van der Waals surface area contributed by atoms with E-state index in [4.69, 9.17) is 16.3 Å². The van der Waals surface area contributed by atoms with Crippen LogP contribution in [0.2, 0.25) is 5.02 Å². The zero-order valence-corrected chi connectivity index (χ0v) is 13.3. The Morgan fingerprint density at radius 1 is 1.09 bits per heavy atom. The number of hydrogen-bond acceptors (Lipinski definition) is 3. The van der Waals surface area contributed by atoms with E-state index >= 15 is 0 Å². The van der Waals surface area contributed by atoms with E-state index in [2.05, 4.69) is 0 Å². The highest BCUT2D eigenvalue weighted by molar-refractivity contribution is 7.92. The second-order valence-corrected chi connectivity index (χ2v) is 6.74. The van der Waals surface area contributed by atoms with Gasteiger partial charge in [-0.15, -0.1) is 0 Å². The smallest absolute Gasteiger partial charge is 0.264 e. The molecule has 0 aromatic heterocycles. The van der Waals surface area contributed by atoms with Crippen molar-refractivity contribution in [3.63, 3.8) is 0 Å². The van der Waals surface area contributed by atoms with Gasteiger partial charge in [-0.3, -0.25) is 4.31 Å². The Morgan fingerprint density at radius 2 is 1.77 bits per heavy atom.